The summed E-state index contributed by atoms with van der Waals surface area (Å²) in [7, 11) is 0. The van der Waals surface area contributed by atoms with Gasteiger partial charge in [0.2, 0.25) is 0 Å². The third-order valence-electron chi connectivity index (χ3n) is 3.13. The van der Waals surface area contributed by atoms with Crippen molar-refractivity contribution < 1.29 is 5.11 Å². The van der Waals surface area contributed by atoms with E-state index in [1.807, 2.05) is 0 Å². The number of aliphatic hydroxyl groups excluding tert-OH is 1. The lowest BCUT2D eigenvalue weighted by molar-refractivity contribution is 0.277. The Morgan fingerprint density at radius 3 is 2.50 bits per heavy atom. The third kappa shape index (κ3) is 3.95. The molecule has 2 unspecified atom stereocenters. The van der Waals surface area contributed by atoms with Crippen LogP contribution < -0.4 is 5.73 Å². The van der Waals surface area contributed by atoms with Gasteiger partial charge in [-0.05, 0) is 25.3 Å². The molecule has 84 valence electrons. The molecular formula is C11H24N2O. The molecule has 0 amide bonds. The zero-order valence-corrected chi connectivity index (χ0v) is 9.28. The Bertz CT molecular complexity index is 142. The van der Waals surface area contributed by atoms with Crippen LogP contribution in [-0.4, -0.2) is 42.3 Å². The van der Waals surface area contributed by atoms with Gasteiger partial charge in [0.25, 0.3) is 0 Å². The highest BCUT2D eigenvalue weighted by Crippen LogP contribution is 2.15. The van der Waals surface area contributed by atoms with Crippen LogP contribution >= 0.6 is 0 Å². The van der Waals surface area contributed by atoms with Crippen LogP contribution in [-0.2, 0) is 0 Å². The maximum atomic E-state index is 8.62. The highest BCUT2D eigenvalue weighted by Gasteiger charge is 2.25. The van der Waals surface area contributed by atoms with Crippen LogP contribution in [0, 0.1) is 5.92 Å². The maximum absolute atomic E-state index is 8.62. The van der Waals surface area contributed by atoms with Crippen molar-refractivity contribution in [3.63, 3.8) is 0 Å². The summed E-state index contributed by atoms with van der Waals surface area (Å²) < 4.78 is 0. The first kappa shape index (κ1) is 12.0. The van der Waals surface area contributed by atoms with Gasteiger partial charge in [-0.2, -0.15) is 0 Å². The van der Waals surface area contributed by atoms with Crippen molar-refractivity contribution >= 4 is 0 Å². The van der Waals surface area contributed by atoms with Crippen LogP contribution in [0.15, 0.2) is 0 Å². The molecule has 0 radical (unpaired) electrons. The molecular weight excluding hydrogens is 176 g/mol. The molecule has 0 aromatic carbocycles. The predicted molar refractivity (Wildman–Crippen MR) is 59.1 cm³/mol. The Morgan fingerprint density at radius 1 is 1.21 bits per heavy atom. The van der Waals surface area contributed by atoms with Gasteiger partial charge in [0.05, 0.1) is 0 Å². The van der Waals surface area contributed by atoms with E-state index >= 15 is 0 Å². The Labute approximate surface area is 87.3 Å². The second-order valence-electron chi connectivity index (χ2n) is 4.54. The van der Waals surface area contributed by atoms with Crippen molar-refractivity contribution in [1.29, 1.82) is 0 Å². The van der Waals surface area contributed by atoms with Crippen LogP contribution in [0.4, 0.5) is 0 Å². The second-order valence-corrected chi connectivity index (χ2v) is 4.54. The molecule has 3 N–H and O–H groups in total. The Kier molecular flexibility index (Phi) is 5.45. The first-order chi connectivity index (χ1) is 6.74. The SMILES string of the molecule is CC1CN(CCCCCCO)CC1N. The van der Waals surface area contributed by atoms with E-state index in [1.54, 1.807) is 0 Å². The van der Waals surface area contributed by atoms with Gasteiger partial charge in [0.1, 0.15) is 0 Å². The molecule has 0 aromatic rings. The minimum absolute atomic E-state index is 0.339. The van der Waals surface area contributed by atoms with Crippen molar-refractivity contribution in [2.24, 2.45) is 11.7 Å². The lowest BCUT2D eigenvalue weighted by Gasteiger charge is -2.14. The van der Waals surface area contributed by atoms with E-state index in [0.29, 0.717) is 18.6 Å². The number of unbranched alkanes of at least 4 members (excludes halogenated alkanes) is 3. The number of aliphatic hydroxyl groups is 1. The molecule has 1 aliphatic rings. The van der Waals surface area contributed by atoms with Crippen molar-refractivity contribution in [2.45, 2.75) is 38.6 Å². The molecule has 3 heteroatoms. The van der Waals surface area contributed by atoms with Gasteiger partial charge < -0.3 is 15.7 Å². The molecule has 0 aliphatic carbocycles. The number of nitrogens with zero attached hydrogens (tertiary/aromatic N) is 1. The molecule has 1 saturated heterocycles. The first-order valence-corrected chi connectivity index (χ1v) is 5.83. The van der Waals surface area contributed by atoms with Gasteiger partial charge in [-0.25, -0.2) is 0 Å². The summed E-state index contributed by atoms with van der Waals surface area (Å²) in [5.41, 5.74) is 5.95. The van der Waals surface area contributed by atoms with Crippen LogP contribution in [0.2, 0.25) is 0 Å². The molecule has 1 heterocycles. The molecule has 1 aliphatic heterocycles. The predicted octanol–water partition coefficient (Wildman–Crippen LogP) is 0.818. The van der Waals surface area contributed by atoms with E-state index < -0.39 is 0 Å². The van der Waals surface area contributed by atoms with Gasteiger partial charge in [0.15, 0.2) is 0 Å². The molecule has 1 fully saturated rings. The normalized spacial score (nSPS) is 28.5. The van der Waals surface area contributed by atoms with E-state index in [0.717, 1.165) is 19.4 Å². The molecule has 0 spiro atoms. The largest absolute Gasteiger partial charge is 0.396 e. The van der Waals surface area contributed by atoms with Crippen LogP contribution in [0.25, 0.3) is 0 Å². The second kappa shape index (κ2) is 6.38. The summed E-state index contributed by atoms with van der Waals surface area (Å²) in [6, 6.07) is 0.382. The lowest BCUT2D eigenvalue weighted by Crippen LogP contribution is -2.28. The average Bonchev–Trinajstić information content (AvgIpc) is 2.46. The maximum Gasteiger partial charge on any atom is 0.0431 e. The molecule has 0 bridgehead atoms. The Morgan fingerprint density at radius 2 is 1.93 bits per heavy atom. The number of likely N-dealkylation sites (tertiary alicyclic amines) is 1. The highest BCUT2D eigenvalue weighted by atomic mass is 16.2. The molecule has 2 atom stereocenters. The summed E-state index contributed by atoms with van der Waals surface area (Å²) in [5, 5.41) is 8.62. The number of nitrogens with two attached hydrogens (primary N) is 1. The summed E-state index contributed by atoms with van der Waals surface area (Å²) in [5.74, 6) is 0.660. The topological polar surface area (TPSA) is 49.5 Å². The fraction of sp³-hybridized carbons (Fsp3) is 1.00. The van der Waals surface area contributed by atoms with E-state index in [-0.39, 0.29) is 0 Å². The Balaban J connectivity index is 1.97. The lowest BCUT2D eigenvalue weighted by atomic mass is 10.1. The number of hydrogen-bond donors (Lipinski definition) is 2. The van der Waals surface area contributed by atoms with Crippen molar-refractivity contribution in [3.05, 3.63) is 0 Å². The zero-order chi connectivity index (χ0) is 10.4. The number of hydrogen-bond acceptors (Lipinski definition) is 3. The minimum atomic E-state index is 0.339. The van der Waals surface area contributed by atoms with E-state index in [9.17, 15) is 0 Å². The Hall–Kier alpha value is -0.120. The first-order valence-electron chi connectivity index (χ1n) is 5.83. The van der Waals surface area contributed by atoms with Gasteiger partial charge >= 0.3 is 0 Å². The molecule has 14 heavy (non-hydrogen) atoms. The van der Waals surface area contributed by atoms with Gasteiger partial charge in [-0.3, -0.25) is 0 Å². The molecule has 0 aromatic heterocycles. The quantitative estimate of drug-likeness (QED) is 0.624. The summed E-state index contributed by atoms with van der Waals surface area (Å²) in [4.78, 5) is 2.47. The third-order valence-corrected chi connectivity index (χ3v) is 3.13. The molecule has 1 rings (SSSR count). The van der Waals surface area contributed by atoms with Gasteiger partial charge in [-0.15, -0.1) is 0 Å². The average molecular weight is 200 g/mol. The number of rotatable bonds is 6. The fourth-order valence-corrected chi connectivity index (χ4v) is 2.08. The monoisotopic (exact) mass is 200 g/mol. The minimum Gasteiger partial charge on any atom is -0.396 e. The highest BCUT2D eigenvalue weighted by molar-refractivity contribution is 4.83. The van der Waals surface area contributed by atoms with Crippen LogP contribution in [0.5, 0.6) is 0 Å². The zero-order valence-electron chi connectivity index (χ0n) is 9.28. The molecule has 0 saturated carbocycles. The van der Waals surface area contributed by atoms with E-state index in [4.69, 9.17) is 10.8 Å². The van der Waals surface area contributed by atoms with Gasteiger partial charge in [0, 0.05) is 25.7 Å². The summed E-state index contributed by atoms with van der Waals surface area (Å²) in [6.07, 6.45) is 4.60. The van der Waals surface area contributed by atoms with Crippen LogP contribution in [0.1, 0.15) is 32.6 Å². The van der Waals surface area contributed by atoms with Crippen LogP contribution in [0.3, 0.4) is 0 Å². The van der Waals surface area contributed by atoms with E-state index in [2.05, 4.69) is 11.8 Å². The standard InChI is InChI=1S/C11H24N2O/c1-10-8-13(9-11(10)12)6-4-2-3-5-7-14/h10-11,14H,2-9,12H2,1H3. The van der Waals surface area contributed by atoms with Crippen molar-refractivity contribution in [3.8, 4) is 0 Å². The summed E-state index contributed by atoms with van der Waals surface area (Å²) in [6.45, 7) is 5.99. The smallest absolute Gasteiger partial charge is 0.0431 e. The van der Waals surface area contributed by atoms with Gasteiger partial charge in [-0.1, -0.05) is 19.8 Å². The fourth-order valence-electron chi connectivity index (χ4n) is 2.08. The van der Waals surface area contributed by atoms with Crippen molar-refractivity contribution in [2.75, 3.05) is 26.2 Å². The van der Waals surface area contributed by atoms with Crippen molar-refractivity contribution in [1.82, 2.24) is 4.90 Å². The molecule has 3 nitrogen and oxygen atoms in total. The summed E-state index contributed by atoms with van der Waals surface area (Å²) >= 11 is 0. The van der Waals surface area contributed by atoms with E-state index in [1.165, 1.54) is 25.9 Å².